The summed E-state index contributed by atoms with van der Waals surface area (Å²) in [5, 5.41) is 3.60. The fraction of sp³-hybridized carbons (Fsp3) is 0.643. The van der Waals surface area contributed by atoms with Crippen LogP contribution in [0.15, 0.2) is 24.5 Å². The van der Waals surface area contributed by atoms with Crippen molar-refractivity contribution in [2.24, 2.45) is 5.92 Å². The van der Waals surface area contributed by atoms with E-state index in [1.165, 1.54) is 18.4 Å². The highest BCUT2D eigenvalue weighted by Crippen LogP contribution is 2.15. The summed E-state index contributed by atoms with van der Waals surface area (Å²) in [7, 11) is 0. The molecule has 1 N–H and O–H groups in total. The Morgan fingerprint density at radius 2 is 1.94 bits per heavy atom. The maximum Gasteiger partial charge on any atom is 0.0270 e. The maximum absolute atomic E-state index is 4.06. The van der Waals surface area contributed by atoms with Gasteiger partial charge in [-0.05, 0) is 43.0 Å². The Kier molecular flexibility index (Phi) is 6.09. The number of nitrogens with one attached hydrogen (secondary N) is 1. The Balaban J connectivity index is 2.57. The zero-order valence-electron chi connectivity index (χ0n) is 10.7. The van der Waals surface area contributed by atoms with E-state index in [4.69, 9.17) is 0 Å². The Hall–Kier alpha value is -0.890. The first-order valence-corrected chi connectivity index (χ1v) is 6.40. The van der Waals surface area contributed by atoms with Crippen LogP contribution < -0.4 is 5.32 Å². The highest BCUT2D eigenvalue weighted by Gasteiger charge is 2.15. The second-order valence-corrected chi connectivity index (χ2v) is 4.49. The molecule has 0 radical (unpaired) electrons. The van der Waals surface area contributed by atoms with Gasteiger partial charge in [0.25, 0.3) is 0 Å². The SMILES string of the molecule is CCCC(C)C(Cc1ccncc1)NCC. The van der Waals surface area contributed by atoms with E-state index in [0.29, 0.717) is 6.04 Å². The van der Waals surface area contributed by atoms with E-state index in [9.17, 15) is 0 Å². The van der Waals surface area contributed by atoms with Crippen molar-refractivity contribution in [2.45, 2.75) is 46.1 Å². The molecule has 0 aliphatic heterocycles. The van der Waals surface area contributed by atoms with Crippen molar-refractivity contribution in [1.82, 2.24) is 10.3 Å². The molecule has 1 heterocycles. The van der Waals surface area contributed by atoms with Crippen molar-refractivity contribution in [2.75, 3.05) is 6.54 Å². The number of hydrogen-bond acceptors (Lipinski definition) is 2. The lowest BCUT2D eigenvalue weighted by Gasteiger charge is -2.24. The molecule has 1 aromatic rings. The molecule has 0 bridgehead atoms. The van der Waals surface area contributed by atoms with Crippen LogP contribution in [0.25, 0.3) is 0 Å². The maximum atomic E-state index is 4.06. The van der Waals surface area contributed by atoms with Crippen LogP contribution in [0, 0.1) is 5.92 Å². The minimum atomic E-state index is 0.590. The van der Waals surface area contributed by atoms with Crippen molar-refractivity contribution < 1.29 is 0 Å². The van der Waals surface area contributed by atoms with E-state index in [-0.39, 0.29) is 0 Å². The summed E-state index contributed by atoms with van der Waals surface area (Å²) < 4.78 is 0. The minimum Gasteiger partial charge on any atom is -0.314 e. The molecule has 0 saturated heterocycles. The predicted octanol–water partition coefficient (Wildman–Crippen LogP) is 3.04. The molecule has 0 saturated carbocycles. The van der Waals surface area contributed by atoms with Crippen molar-refractivity contribution >= 4 is 0 Å². The van der Waals surface area contributed by atoms with Gasteiger partial charge >= 0.3 is 0 Å². The summed E-state index contributed by atoms with van der Waals surface area (Å²) in [6.07, 6.45) is 7.42. The molecule has 0 spiro atoms. The summed E-state index contributed by atoms with van der Waals surface area (Å²) in [4.78, 5) is 4.06. The van der Waals surface area contributed by atoms with Crippen molar-refractivity contribution in [1.29, 1.82) is 0 Å². The van der Waals surface area contributed by atoms with Crippen LogP contribution in [0.1, 0.15) is 39.2 Å². The van der Waals surface area contributed by atoms with Gasteiger partial charge in [-0.25, -0.2) is 0 Å². The molecule has 2 nitrogen and oxygen atoms in total. The molecule has 2 atom stereocenters. The molecule has 0 aliphatic rings. The summed E-state index contributed by atoms with van der Waals surface area (Å²) in [6, 6.07) is 4.82. The summed E-state index contributed by atoms with van der Waals surface area (Å²) in [5.41, 5.74) is 1.38. The monoisotopic (exact) mass is 220 g/mol. The zero-order chi connectivity index (χ0) is 11.8. The molecule has 1 aromatic heterocycles. The standard InChI is InChI=1S/C14H24N2/c1-4-6-12(3)14(16-5-2)11-13-7-9-15-10-8-13/h7-10,12,14,16H,4-6,11H2,1-3H3. The number of hydrogen-bond donors (Lipinski definition) is 1. The number of rotatable bonds is 7. The lowest BCUT2D eigenvalue weighted by atomic mass is 9.92. The first-order chi connectivity index (χ1) is 7.77. The van der Waals surface area contributed by atoms with Gasteiger partial charge < -0.3 is 5.32 Å². The van der Waals surface area contributed by atoms with E-state index in [0.717, 1.165) is 18.9 Å². The molecular formula is C14H24N2. The highest BCUT2D eigenvalue weighted by atomic mass is 14.9. The molecule has 0 aliphatic carbocycles. The van der Waals surface area contributed by atoms with Gasteiger partial charge in [-0.2, -0.15) is 0 Å². The number of likely N-dealkylation sites (N-methyl/N-ethyl adjacent to an activating group) is 1. The van der Waals surface area contributed by atoms with E-state index in [2.05, 4.69) is 43.2 Å². The van der Waals surface area contributed by atoms with Gasteiger partial charge in [0.05, 0.1) is 0 Å². The van der Waals surface area contributed by atoms with Gasteiger partial charge in [-0.1, -0.05) is 27.2 Å². The topological polar surface area (TPSA) is 24.9 Å². The number of aromatic nitrogens is 1. The molecular weight excluding hydrogens is 196 g/mol. The minimum absolute atomic E-state index is 0.590. The summed E-state index contributed by atoms with van der Waals surface area (Å²) in [5.74, 6) is 0.734. The fourth-order valence-electron chi connectivity index (χ4n) is 2.17. The third-order valence-corrected chi connectivity index (χ3v) is 3.10. The number of nitrogens with zero attached hydrogens (tertiary/aromatic N) is 1. The van der Waals surface area contributed by atoms with E-state index < -0.39 is 0 Å². The smallest absolute Gasteiger partial charge is 0.0270 e. The highest BCUT2D eigenvalue weighted by molar-refractivity contribution is 5.11. The quantitative estimate of drug-likeness (QED) is 0.764. The first kappa shape index (κ1) is 13.2. The molecule has 0 aromatic carbocycles. The van der Waals surface area contributed by atoms with Crippen molar-refractivity contribution in [3.05, 3.63) is 30.1 Å². The van der Waals surface area contributed by atoms with Gasteiger partial charge in [0.15, 0.2) is 0 Å². The van der Waals surface area contributed by atoms with Crippen molar-refractivity contribution in [3.8, 4) is 0 Å². The third-order valence-electron chi connectivity index (χ3n) is 3.10. The zero-order valence-corrected chi connectivity index (χ0v) is 10.7. The molecule has 2 heteroatoms. The first-order valence-electron chi connectivity index (χ1n) is 6.40. The summed E-state index contributed by atoms with van der Waals surface area (Å²) >= 11 is 0. The van der Waals surface area contributed by atoms with Crippen LogP contribution in [0.3, 0.4) is 0 Å². The van der Waals surface area contributed by atoms with Gasteiger partial charge in [0, 0.05) is 18.4 Å². The van der Waals surface area contributed by atoms with Gasteiger partial charge in [0.2, 0.25) is 0 Å². The molecule has 0 amide bonds. The second-order valence-electron chi connectivity index (χ2n) is 4.49. The second kappa shape index (κ2) is 7.39. The van der Waals surface area contributed by atoms with Gasteiger partial charge in [-0.15, -0.1) is 0 Å². The predicted molar refractivity (Wildman–Crippen MR) is 69.5 cm³/mol. The Morgan fingerprint density at radius 1 is 1.25 bits per heavy atom. The largest absolute Gasteiger partial charge is 0.314 e. The third kappa shape index (κ3) is 4.31. The average molecular weight is 220 g/mol. The van der Waals surface area contributed by atoms with Crippen LogP contribution in [-0.4, -0.2) is 17.6 Å². The lowest BCUT2D eigenvalue weighted by Crippen LogP contribution is -2.36. The molecule has 1 rings (SSSR count). The molecule has 2 unspecified atom stereocenters. The molecule has 90 valence electrons. The van der Waals surface area contributed by atoms with E-state index in [1.807, 2.05) is 12.4 Å². The van der Waals surface area contributed by atoms with Gasteiger partial charge in [-0.3, -0.25) is 4.98 Å². The Bertz CT molecular complexity index is 271. The summed E-state index contributed by atoms with van der Waals surface area (Å²) in [6.45, 7) is 7.83. The average Bonchev–Trinajstić information content (AvgIpc) is 2.30. The van der Waals surface area contributed by atoms with E-state index in [1.54, 1.807) is 0 Å². The van der Waals surface area contributed by atoms with Crippen LogP contribution in [0.4, 0.5) is 0 Å². The van der Waals surface area contributed by atoms with Crippen molar-refractivity contribution in [3.63, 3.8) is 0 Å². The normalized spacial score (nSPS) is 14.7. The van der Waals surface area contributed by atoms with Crippen LogP contribution >= 0.6 is 0 Å². The lowest BCUT2D eigenvalue weighted by molar-refractivity contribution is 0.358. The van der Waals surface area contributed by atoms with Crippen LogP contribution in [0.2, 0.25) is 0 Å². The molecule has 16 heavy (non-hydrogen) atoms. The number of pyridine rings is 1. The Morgan fingerprint density at radius 3 is 2.50 bits per heavy atom. The fourth-order valence-corrected chi connectivity index (χ4v) is 2.17. The van der Waals surface area contributed by atoms with Crippen LogP contribution in [-0.2, 0) is 6.42 Å². The molecule has 0 fully saturated rings. The van der Waals surface area contributed by atoms with E-state index >= 15 is 0 Å². The van der Waals surface area contributed by atoms with Gasteiger partial charge in [0.1, 0.15) is 0 Å². The van der Waals surface area contributed by atoms with Crippen LogP contribution in [0.5, 0.6) is 0 Å². The Labute approximate surface area is 99.5 Å².